The van der Waals surface area contributed by atoms with Crippen LogP contribution in [0.15, 0.2) is 33.2 Å². The Morgan fingerprint density at radius 2 is 1.26 bits per heavy atom. The SMILES string of the molecule is Brc1cc(OCC2CCCC2)c2nnn(C3CCCCO3)c2c1.Fc1cc(Br)cc2c1nnn2C1CCCCO1.O=CO[O-].OCC1CCCC1.[Cs+].[Cs+].[H-]. The Bertz CT molecular complexity index is 1670. The Kier molecular flexibility index (Phi) is 24.3. The van der Waals surface area contributed by atoms with Crippen molar-refractivity contribution in [2.75, 3.05) is 26.4 Å². The van der Waals surface area contributed by atoms with E-state index in [-0.39, 0.29) is 164 Å². The minimum Gasteiger partial charge on any atom is -1.00 e. The van der Waals surface area contributed by atoms with E-state index in [9.17, 15) is 4.39 Å². The smallest absolute Gasteiger partial charge is 1.00 e. The Morgan fingerprint density at radius 1 is 0.792 bits per heavy atom. The van der Waals surface area contributed by atoms with Gasteiger partial charge in [0.1, 0.15) is 11.3 Å². The molecule has 2 aliphatic heterocycles. The fraction of sp³-hybridized carbons (Fsp3) is 0.629. The number of halogens is 3. The summed E-state index contributed by atoms with van der Waals surface area (Å²) in [6.45, 7) is 2.53. The molecule has 2 saturated heterocycles. The molecule has 4 aliphatic rings. The van der Waals surface area contributed by atoms with E-state index in [4.69, 9.17) is 29.4 Å². The number of benzene rings is 2. The number of fused-ring (bicyclic) bond motifs is 2. The monoisotopic (exact) mass is 1110 g/mol. The van der Waals surface area contributed by atoms with Crippen molar-refractivity contribution >= 4 is 60.4 Å². The van der Waals surface area contributed by atoms with Crippen LogP contribution in [0.3, 0.4) is 0 Å². The maximum Gasteiger partial charge on any atom is 1.00 e. The van der Waals surface area contributed by atoms with Crippen molar-refractivity contribution in [3.63, 3.8) is 0 Å². The first-order chi connectivity index (χ1) is 24.9. The van der Waals surface area contributed by atoms with Gasteiger partial charge in [0.2, 0.25) is 0 Å². The van der Waals surface area contributed by atoms with E-state index in [2.05, 4.69) is 63.4 Å². The van der Waals surface area contributed by atoms with Crippen LogP contribution in [0.2, 0.25) is 0 Å². The largest absolute Gasteiger partial charge is 1.00 e. The van der Waals surface area contributed by atoms with Gasteiger partial charge in [-0.3, -0.25) is 4.79 Å². The minimum absolute atomic E-state index is 0. The number of rotatable bonds is 7. The molecule has 2 saturated carbocycles. The molecule has 0 spiro atoms. The van der Waals surface area contributed by atoms with Gasteiger partial charge in [-0.15, -0.1) is 10.2 Å². The summed E-state index contributed by atoms with van der Waals surface area (Å²) in [5, 5.41) is 33.6. The number of nitrogens with zero attached hydrogens (tertiary/aromatic N) is 6. The Hall–Kier alpha value is 1.34. The number of aliphatic hydroxyl groups is 1. The van der Waals surface area contributed by atoms with E-state index in [1.807, 2.05) is 16.8 Å². The molecule has 0 amide bonds. The van der Waals surface area contributed by atoms with E-state index in [1.54, 1.807) is 4.68 Å². The second-order valence-electron chi connectivity index (χ2n) is 13.2. The van der Waals surface area contributed by atoms with Crippen molar-refractivity contribution in [1.82, 2.24) is 30.0 Å². The third-order valence-corrected chi connectivity index (χ3v) is 10.5. The summed E-state index contributed by atoms with van der Waals surface area (Å²) in [5.41, 5.74) is 2.78. The molecule has 53 heavy (non-hydrogen) atoms. The average Bonchev–Trinajstić information content (AvgIpc) is 4.00. The summed E-state index contributed by atoms with van der Waals surface area (Å²) in [6, 6.07) is 7.26. The van der Waals surface area contributed by atoms with Gasteiger partial charge in [-0.2, -0.15) is 0 Å². The van der Waals surface area contributed by atoms with Crippen LogP contribution in [-0.4, -0.2) is 68.0 Å². The zero-order chi connectivity index (χ0) is 36.0. The van der Waals surface area contributed by atoms with Gasteiger partial charge in [0, 0.05) is 28.8 Å². The van der Waals surface area contributed by atoms with Crippen LogP contribution in [0.4, 0.5) is 4.39 Å². The Morgan fingerprint density at radius 3 is 1.74 bits per heavy atom. The van der Waals surface area contributed by atoms with E-state index in [1.165, 1.54) is 63.9 Å². The maximum atomic E-state index is 13.6. The van der Waals surface area contributed by atoms with Crippen molar-refractivity contribution in [2.45, 2.75) is 102 Å². The molecule has 2 aromatic heterocycles. The predicted octanol–water partition coefficient (Wildman–Crippen LogP) is 1.22. The van der Waals surface area contributed by atoms with Crippen molar-refractivity contribution < 1.29 is 178 Å². The standard InChI is InChI=1S/C17H22BrN3O2.C11H11BrFN3O.C6H12O.CH2O3.2Cs.H/c18-13-9-14-17(15(10-13)23-11-12-5-1-2-6-12)19-20-21(14)16-7-3-4-8-22-16;12-7-5-8(13)11-9(6-7)16(15-14-11)10-3-1-2-4-17-10;7-5-6-3-1-2-4-6;2-1-4-3;;;/h9-10,12,16H,1-8,11H2;5-6,10H,1-4H2;6-7H,1-5H2;1,3H;;;/q;;;;2*+1;-1/p-1. The van der Waals surface area contributed by atoms with Gasteiger partial charge in [-0.1, -0.05) is 68.0 Å². The Labute approximate surface area is 445 Å². The summed E-state index contributed by atoms with van der Waals surface area (Å²) < 4.78 is 36.5. The van der Waals surface area contributed by atoms with Gasteiger partial charge in [0.05, 0.1) is 17.6 Å². The molecular formula is C35H47Br2Cs2FN6O7. The average molecular weight is 1110 g/mol. The molecule has 1 N–H and O–H groups in total. The molecule has 4 heterocycles. The summed E-state index contributed by atoms with van der Waals surface area (Å²) >= 11 is 6.87. The van der Waals surface area contributed by atoms with Crippen LogP contribution in [-0.2, 0) is 19.2 Å². The first-order valence-corrected chi connectivity index (χ1v) is 19.4. The van der Waals surface area contributed by atoms with Crippen LogP contribution in [0, 0.1) is 17.7 Å². The molecule has 4 aromatic rings. The number of carbonyl (C=O) groups excluding carboxylic acids is 1. The molecule has 8 rings (SSSR count). The van der Waals surface area contributed by atoms with Crippen molar-refractivity contribution in [3.8, 4) is 5.75 Å². The van der Waals surface area contributed by atoms with Crippen LogP contribution in [0.1, 0.15) is 104 Å². The number of carbonyl (C=O) groups is 1. The van der Waals surface area contributed by atoms with Gasteiger partial charge in [0.25, 0.3) is 6.47 Å². The molecule has 13 nitrogen and oxygen atoms in total. The van der Waals surface area contributed by atoms with Gasteiger partial charge in [-0.05, 0) is 100 Å². The van der Waals surface area contributed by atoms with Crippen LogP contribution in [0.5, 0.6) is 5.75 Å². The van der Waals surface area contributed by atoms with Gasteiger partial charge in [-0.25, -0.2) is 13.8 Å². The predicted molar refractivity (Wildman–Crippen MR) is 193 cm³/mol. The van der Waals surface area contributed by atoms with E-state index in [0.29, 0.717) is 33.9 Å². The zero-order valence-corrected chi connectivity index (χ0v) is 46.4. The second-order valence-corrected chi connectivity index (χ2v) is 15.1. The van der Waals surface area contributed by atoms with Crippen LogP contribution < -0.4 is 148 Å². The number of ether oxygens (including phenoxy) is 3. The summed E-state index contributed by atoms with van der Waals surface area (Å²) in [7, 11) is 0. The maximum absolute atomic E-state index is 13.6. The number of hydrogen-bond acceptors (Lipinski definition) is 11. The molecule has 2 atom stereocenters. The number of aromatic nitrogens is 6. The van der Waals surface area contributed by atoms with Gasteiger partial charge in [0.15, 0.2) is 23.8 Å². The fourth-order valence-electron chi connectivity index (χ4n) is 6.89. The molecule has 4 fully saturated rings. The van der Waals surface area contributed by atoms with Crippen molar-refractivity contribution in [3.05, 3.63) is 39.0 Å². The molecule has 2 aliphatic carbocycles. The number of hydrogen-bond donors (Lipinski definition) is 1. The van der Waals surface area contributed by atoms with Crippen LogP contribution >= 0.6 is 31.9 Å². The van der Waals surface area contributed by atoms with Crippen LogP contribution in [0.25, 0.3) is 22.1 Å². The summed E-state index contributed by atoms with van der Waals surface area (Å²) in [5.74, 6) is 1.79. The first-order valence-electron chi connectivity index (χ1n) is 17.8. The first kappa shape index (κ1) is 48.7. The minimum atomic E-state index is -0.364. The van der Waals surface area contributed by atoms with Gasteiger partial charge < -0.3 is 30.9 Å². The molecule has 18 heteroatoms. The third kappa shape index (κ3) is 14.8. The van der Waals surface area contributed by atoms with E-state index in [0.717, 1.165) is 73.2 Å². The fourth-order valence-corrected chi connectivity index (χ4v) is 7.73. The summed E-state index contributed by atoms with van der Waals surface area (Å²) in [6.07, 6.45) is 16.6. The third-order valence-electron chi connectivity index (χ3n) is 9.58. The molecule has 2 unspecified atom stereocenters. The molecule has 0 radical (unpaired) electrons. The Balaban J connectivity index is 0.000000286. The van der Waals surface area contributed by atoms with Crippen molar-refractivity contribution in [1.29, 1.82) is 0 Å². The molecule has 0 bridgehead atoms. The summed E-state index contributed by atoms with van der Waals surface area (Å²) in [4.78, 5) is 11.2. The van der Waals surface area contributed by atoms with E-state index >= 15 is 0 Å². The number of aliphatic hydroxyl groups excluding tert-OH is 1. The topological polar surface area (TPSA) is 159 Å². The molecule has 282 valence electrons. The van der Waals surface area contributed by atoms with E-state index < -0.39 is 0 Å². The van der Waals surface area contributed by atoms with Crippen molar-refractivity contribution in [2.24, 2.45) is 11.8 Å². The quantitative estimate of drug-likeness (QED) is 0.161. The van der Waals surface area contributed by atoms with Gasteiger partial charge >= 0.3 is 138 Å². The molecular weight excluding hydrogens is 1060 g/mol. The normalized spacial score (nSPS) is 20.1. The second kappa shape index (κ2) is 26.4. The zero-order valence-electron chi connectivity index (χ0n) is 31.6. The molecule has 2 aromatic carbocycles.